The van der Waals surface area contributed by atoms with Crippen molar-refractivity contribution >= 4 is 28.9 Å². The number of rotatable bonds is 6. The Balaban J connectivity index is 0.000000559. The van der Waals surface area contributed by atoms with Crippen molar-refractivity contribution in [3.8, 4) is 11.6 Å². The fraction of sp³-hybridized carbons (Fsp3) is 0.240. The largest absolute Gasteiger partial charge is 0.490 e. The maximum absolute atomic E-state index is 13.6. The predicted molar refractivity (Wildman–Crippen MR) is 133 cm³/mol. The highest BCUT2D eigenvalue weighted by Gasteiger charge is 2.38. The Morgan fingerprint density at radius 1 is 0.975 bits per heavy atom. The number of pyridine rings is 1. The zero-order chi connectivity index (χ0) is 29.5. The van der Waals surface area contributed by atoms with Gasteiger partial charge in [0.05, 0.1) is 22.5 Å². The van der Waals surface area contributed by atoms with Crippen LogP contribution in [0.3, 0.4) is 0 Å². The molecule has 5 N–H and O–H groups in total. The van der Waals surface area contributed by atoms with Crippen LogP contribution in [0.25, 0.3) is 0 Å². The molecule has 2 heterocycles. The highest BCUT2D eigenvalue weighted by molar-refractivity contribution is 5.99. The molecule has 1 fully saturated rings. The number of carbonyl (C=O) groups excluding carboxylic acids is 1. The minimum absolute atomic E-state index is 0.0306. The number of aliphatic carboxylic acids is 1. The maximum Gasteiger partial charge on any atom is 0.490 e. The van der Waals surface area contributed by atoms with Crippen molar-refractivity contribution in [3.63, 3.8) is 0 Å². The van der Waals surface area contributed by atoms with E-state index in [0.717, 1.165) is 37.9 Å². The predicted octanol–water partition coefficient (Wildman–Crippen LogP) is 4.78. The highest BCUT2D eigenvalue weighted by Crippen LogP contribution is 2.38. The number of carboxylic acid groups (broad SMARTS) is 1. The van der Waals surface area contributed by atoms with Crippen molar-refractivity contribution in [1.29, 1.82) is 0 Å². The molecule has 0 radical (unpaired) electrons. The molecular weight excluding hydrogens is 548 g/mol. The SMILES string of the molecule is NC(=O)c1ccccc1Nc1cc(Oc2ccc(N3CCNCC3)cc2)ncc1C(F)(F)F.O=C(O)C(F)(F)F. The molecule has 1 aliphatic rings. The number of benzene rings is 2. The first-order valence-corrected chi connectivity index (χ1v) is 11.5. The molecule has 0 spiro atoms. The smallest absolute Gasteiger partial charge is 0.475 e. The molecule has 1 aromatic heterocycles. The van der Waals surface area contributed by atoms with Crippen molar-refractivity contribution in [3.05, 3.63) is 71.9 Å². The average Bonchev–Trinajstić information content (AvgIpc) is 2.89. The summed E-state index contributed by atoms with van der Waals surface area (Å²) in [5.74, 6) is -3.11. The normalized spacial score (nSPS) is 13.6. The van der Waals surface area contributed by atoms with Gasteiger partial charge in [0.1, 0.15) is 5.75 Å². The van der Waals surface area contributed by atoms with E-state index in [9.17, 15) is 31.1 Å². The van der Waals surface area contributed by atoms with Crippen LogP contribution in [-0.4, -0.2) is 54.3 Å². The van der Waals surface area contributed by atoms with E-state index in [2.05, 4.69) is 20.5 Å². The van der Waals surface area contributed by atoms with Crippen LogP contribution in [0.5, 0.6) is 11.6 Å². The quantitative estimate of drug-likeness (QED) is 0.311. The van der Waals surface area contributed by atoms with Gasteiger partial charge in [0.15, 0.2) is 0 Å². The summed E-state index contributed by atoms with van der Waals surface area (Å²) in [6.45, 7) is 3.59. The second kappa shape index (κ2) is 12.5. The van der Waals surface area contributed by atoms with Crippen LogP contribution in [0.2, 0.25) is 0 Å². The van der Waals surface area contributed by atoms with Gasteiger partial charge in [0.25, 0.3) is 5.91 Å². The lowest BCUT2D eigenvalue weighted by molar-refractivity contribution is -0.192. The van der Waals surface area contributed by atoms with Gasteiger partial charge in [-0.1, -0.05) is 12.1 Å². The van der Waals surface area contributed by atoms with Gasteiger partial charge in [-0.05, 0) is 36.4 Å². The van der Waals surface area contributed by atoms with Crippen LogP contribution < -0.4 is 26.0 Å². The molecule has 0 saturated carbocycles. The molecule has 1 saturated heterocycles. The number of hydrogen-bond acceptors (Lipinski definition) is 7. The number of halogens is 6. The summed E-state index contributed by atoms with van der Waals surface area (Å²) in [5.41, 5.74) is 5.29. The van der Waals surface area contributed by atoms with Crippen molar-refractivity contribution in [2.24, 2.45) is 5.73 Å². The molecule has 0 unspecified atom stereocenters. The third-order valence-electron chi connectivity index (χ3n) is 5.43. The number of para-hydroxylation sites is 1. The average molecular weight is 571 g/mol. The number of nitrogens with two attached hydrogens (primary N) is 1. The van der Waals surface area contributed by atoms with Crippen LogP contribution in [0.1, 0.15) is 15.9 Å². The molecule has 15 heteroatoms. The number of ether oxygens (including phenoxy) is 1. The van der Waals surface area contributed by atoms with Gasteiger partial charge in [-0.3, -0.25) is 4.79 Å². The Bertz CT molecular complexity index is 1330. The minimum Gasteiger partial charge on any atom is -0.475 e. The summed E-state index contributed by atoms with van der Waals surface area (Å²) < 4.78 is 78.1. The second-order valence-corrected chi connectivity index (χ2v) is 8.24. The number of carbonyl (C=O) groups is 2. The highest BCUT2D eigenvalue weighted by atomic mass is 19.4. The number of anilines is 3. The second-order valence-electron chi connectivity index (χ2n) is 8.24. The molecule has 0 atom stereocenters. The molecule has 40 heavy (non-hydrogen) atoms. The maximum atomic E-state index is 13.6. The van der Waals surface area contributed by atoms with E-state index < -0.39 is 29.8 Å². The number of aromatic nitrogens is 1. The van der Waals surface area contributed by atoms with Crippen molar-refractivity contribution in [1.82, 2.24) is 10.3 Å². The molecular formula is C25H23F6N5O4. The monoisotopic (exact) mass is 571 g/mol. The fourth-order valence-electron chi connectivity index (χ4n) is 3.54. The third-order valence-corrected chi connectivity index (χ3v) is 5.43. The van der Waals surface area contributed by atoms with Crippen molar-refractivity contribution in [2.45, 2.75) is 12.4 Å². The molecule has 4 rings (SSSR count). The summed E-state index contributed by atoms with van der Waals surface area (Å²) >= 11 is 0. The van der Waals surface area contributed by atoms with Gasteiger partial charge in [0, 0.05) is 44.1 Å². The molecule has 0 bridgehead atoms. The number of carboxylic acids is 1. The summed E-state index contributed by atoms with van der Waals surface area (Å²) in [6.07, 6.45) is -9.06. The first-order valence-electron chi connectivity index (χ1n) is 11.5. The van der Waals surface area contributed by atoms with Gasteiger partial charge in [-0.25, -0.2) is 9.78 Å². The lowest BCUT2D eigenvalue weighted by atomic mass is 10.1. The molecule has 9 nitrogen and oxygen atoms in total. The van der Waals surface area contributed by atoms with E-state index in [1.807, 2.05) is 12.1 Å². The molecule has 214 valence electrons. The van der Waals surface area contributed by atoms with Crippen molar-refractivity contribution < 1.29 is 45.8 Å². The molecule has 2 aromatic carbocycles. The number of nitrogens with one attached hydrogen (secondary N) is 2. The van der Waals surface area contributed by atoms with Gasteiger partial charge in [-0.2, -0.15) is 26.3 Å². The Morgan fingerprint density at radius 3 is 2.12 bits per heavy atom. The van der Waals surface area contributed by atoms with Crippen LogP contribution >= 0.6 is 0 Å². The number of hydrogen-bond donors (Lipinski definition) is 4. The Kier molecular flexibility index (Phi) is 9.42. The van der Waals surface area contributed by atoms with Gasteiger partial charge in [0.2, 0.25) is 5.88 Å². The van der Waals surface area contributed by atoms with Crippen LogP contribution in [0.4, 0.5) is 43.4 Å². The Labute approximate surface area is 223 Å². The van der Waals surface area contributed by atoms with Gasteiger partial charge < -0.3 is 31.1 Å². The van der Waals surface area contributed by atoms with E-state index in [-0.39, 0.29) is 22.8 Å². The van der Waals surface area contributed by atoms with Crippen LogP contribution in [0.15, 0.2) is 60.8 Å². The van der Waals surface area contributed by atoms with Crippen LogP contribution in [0, 0.1) is 0 Å². The van der Waals surface area contributed by atoms with E-state index in [1.54, 1.807) is 24.3 Å². The number of piperazine rings is 1. The van der Waals surface area contributed by atoms with E-state index in [4.69, 9.17) is 20.4 Å². The molecule has 1 amide bonds. The first-order chi connectivity index (χ1) is 18.8. The standard InChI is InChI=1S/C23H22F3N5O2.C2HF3O2/c24-23(25,26)18-14-29-21(13-20(18)30-19-4-2-1-3-17(19)22(27)32)33-16-7-5-15(6-8-16)31-11-9-28-10-12-31;3-2(4,5)1(6)7/h1-8,13-14,28H,9-12H2,(H2,27,32)(H,29,30);(H,6,7). The third kappa shape index (κ3) is 8.23. The zero-order valence-electron chi connectivity index (χ0n) is 20.5. The minimum atomic E-state index is -5.08. The summed E-state index contributed by atoms with van der Waals surface area (Å²) in [4.78, 5) is 26.6. The fourth-order valence-corrected chi connectivity index (χ4v) is 3.54. The number of amides is 1. The molecule has 0 aliphatic carbocycles. The Hall–Kier alpha value is -4.53. The molecule has 3 aromatic rings. The van der Waals surface area contributed by atoms with Crippen LogP contribution in [-0.2, 0) is 11.0 Å². The number of primary amides is 1. The van der Waals surface area contributed by atoms with Gasteiger partial charge in [-0.15, -0.1) is 0 Å². The summed E-state index contributed by atoms with van der Waals surface area (Å²) in [5, 5.41) is 13.1. The van der Waals surface area contributed by atoms with E-state index in [1.165, 1.54) is 12.1 Å². The first kappa shape index (κ1) is 30.0. The topological polar surface area (TPSA) is 130 Å². The molecule has 1 aliphatic heterocycles. The Morgan fingerprint density at radius 2 is 1.57 bits per heavy atom. The van der Waals surface area contributed by atoms with E-state index >= 15 is 0 Å². The van der Waals surface area contributed by atoms with Gasteiger partial charge >= 0.3 is 18.3 Å². The lowest BCUT2D eigenvalue weighted by Crippen LogP contribution is -2.43. The zero-order valence-corrected chi connectivity index (χ0v) is 20.5. The van der Waals surface area contributed by atoms with Crippen molar-refractivity contribution in [2.75, 3.05) is 36.4 Å². The summed E-state index contributed by atoms with van der Waals surface area (Å²) in [6, 6.07) is 14.5. The van der Waals surface area contributed by atoms with E-state index in [0.29, 0.717) is 11.9 Å². The lowest BCUT2D eigenvalue weighted by Gasteiger charge is -2.29. The number of alkyl halides is 6. The summed E-state index contributed by atoms with van der Waals surface area (Å²) in [7, 11) is 0. The number of nitrogens with zero attached hydrogens (tertiary/aromatic N) is 2.